The lowest BCUT2D eigenvalue weighted by atomic mass is 9.87. The lowest BCUT2D eigenvalue weighted by Gasteiger charge is -2.35. The van der Waals surface area contributed by atoms with Gasteiger partial charge in [-0.15, -0.1) is 0 Å². The molecule has 0 aliphatic carbocycles. The standard InChI is InChI=1S/C21H28N2O2S/c1-21(2,3)19-10-12-20(13-11-19)26(24,25)23-15-7-14-22(17-23)16-18-8-5-4-6-9-18/h4-6,8-13H,7,14-17H2,1-3H3. The van der Waals surface area contributed by atoms with Gasteiger partial charge in [0.1, 0.15) is 0 Å². The molecule has 0 aromatic heterocycles. The maximum atomic E-state index is 13.0. The van der Waals surface area contributed by atoms with E-state index >= 15 is 0 Å². The van der Waals surface area contributed by atoms with Crippen LogP contribution in [0.5, 0.6) is 0 Å². The van der Waals surface area contributed by atoms with E-state index in [1.165, 1.54) is 5.56 Å². The number of benzene rings is 2. The average Bonchev–Trinajstić information content (AvgIpc) is 2.62. The fraction of sp³-hybridized carbons (Fsp3) is 0.429. The molecule has 1 heterocycles. The highest BCUT2D eigenvalue weighted by Gasteiger charge is 2.29. The Labute approximate surface area is 157 Å². The molecule has 2 aromatic carbocycles. The van der Waals surface area contributed by atoms with Crippen LogP contribution in [0.4, 0.5) is 0 Å². The lowest BCUT2D eigenvalue weighted by molar-refractivity contribution is 0.140. The molecule has 0 atom stereocenters. The van der Waals surface area contributed by atoms with Crippen LogP contribution < -0.4 is 0 Å². The van der Waals surface area contributed by atoms with E-state index in [1.54, 1.807) is 16.4 Å². The van der Waals surface area contributed by atoms with Crippen molar-refractivity contribution in [2.45, 2.75) is 44.0 Å². The third-order valence-electron chi connectivity index (χ3n) is 4.85. The van der Waals surface area contributed by atoms with Crippen molar-refractivity contribution in [3.63, 3.8) is 0 Å². The van der Waals surface area contributed by atoms with Crippen LogP contribution in [-0.2, 0) is 22.0 Å². The van der Waals surface area contributed by atoms with E-state index in [2.05, 4.69) is 37.8 Å². The van der Waals surface area contributed by atoms with E-state index in [0.29, 0.717) is 18.1 Å². The molecule has 3 rings (SSSR count). The number of hydrogen-bond acceptors (Lipinski definition) is 3. The lowest BCUT2D eigenvalue weighted by Crippen LogP contribution is -2.46. The molecular weight excluding hydrogens is 344 g/mol. The van der Waals surface area contributed by atoms with E-state index in [4.69, 9.17) is 0 Å². The highest BCUT2D eigenvalue weighted by molar-refractivity contribution is 7.89. The van der Waals surface area contributed by atoms with Crippen molar-refractivity contribution in [1.29, 1.82) is 0 Å². The molecule has 0 unspecified atom stereocenters. The minimum Gasteiger partial charge on any atom is -0.285 e. The summed E-state index contributed by atoms with van der Waals surface area (Å²) in [5, 5.41) is 0. The monoisotopic (exact) mass is 372 g/mol. The van der Waals surface area contributed by atoms with Crippen LogP contribution in [0, 0.1) is 0 Å². The van der Waals surface area contributed by atoms with Crippen LogP contribution in [0.3, 0.4) is 0 Å². The van der Waals surface area contributed by atoms with Crippen molar-refractivity contribution in [2.75, 3.05) is 19.8 Å². The summed E-state index contributed by atoms with van der Waals surface area (Å²) in [6.45, 7) is 9.10. The van der Waals surface area contributed by atoms with E-state index in [9.17, 15) is 8.42 Å². The first kappa shape index (κ1) is 19.1. The van der Waals surface area contributed by atoms with Crippen molar-refractivity contribution in [1.82, 2.24) is 9.21 Å². The van der Waals surface area contributed by atoms with Gasteiger partial charge in [0.15, 0.2) is 0 Å². The average molecular weight is 373 g/mol. The molecule has 0 N–H and O–H groups in total. The zero-order chi connectivity index (χ0) is 18.8. The molecule has 1 fully saturated rings. The summed E-state index contributed by atoms with van der Waals surface area (Å²) in [5.41, 5.74) is 2.36. The van der Waals surface area contributed by atoms with Gasteiger partial charge in [-0.2, -0.15) is 4.31 Å². The maximum Gasteiger partial charge on any atom is 0.244 e. The molecule has 1 saturated heterocycles. The van der Waals surface area contributed by atoms with E-state index in [-0.39, 0.29) is 5.41 Å². The molecule has 1 aliphatic rings. The molecule has 0 bridgehead atoms. The summed E-state index contributed by atoms with van der Waals surface area (Å²) in [4.78, 5) is 2.58. The van der Waals surface area contributed by atoms with Crippen molar-refractivity contribution in [3.05, 3.63) is 65.7 Å². The Bertz CT molecular complexity index is 825. The maximum absolute atomic E-state index is 13.0. The minimum absolute atomic E-state index is 0.0138. The Morgan fingerprint density at radius 1 is 0.923 bits per heavy atom. The van der Waals surface area contributed by atoms with E-state index in [0.717, 1.165) is 25.1 Å². The summed E-state index contributed by atoms with van der Waals surface area (Å²) >= 11 is 0. The second kappa shape index (κ2) is 7.51. The molecule has 26 heavy (non-hydrogen) atoms. The second-order valence-electron chi connectivity index (χ2n) is 7.99. The van der Waals surface area contributed by atoms with Crippen LogP contribution in [-0.4, -0.2) is 37.4 Å². The van der Waals surface area contributed by atoms with Crippen molar-refractivity contribution in [2.24, 2.45) is 0 Å². The summed E-state index contributed by atoms with van der Waals surface area (Å²) in [6.07, 6.45) is 0.853. The minimum atomic E-state index is -3.46. The van der Waals surface area contributed by atoms with Gasteiger partial charge in [-0.05, 0) is 35.1 Å². The molecule has 5 heteroatoms. The van der Waals surface area contributed by atoms with Gasteiger partial charge in [0.25, 0.3) is 0 Å². The Kier molecular flexibility index (Phi) is 5.51. The summed E-state index contributed by atoms with van der Waals surface area (Å²) < 4.78 is 27.7. The Balaban J connectivity index is 1.74. The first-order valence-electron chi connectivity index (χ1n) is 9.14. The van der Waals surface area contributed by atoms with E-state index < -0.39 is 10.0 Å². The van der Waals surface area contributed by atoms with E-state index in [1.807, 2.05) is 30.3 Å². The second-order valence-corrected chi connectivity index (χ2v) is 9.93. The van der Waals surface area contributed by atoms with Gasteiger partial charge < -0.3 is 0 Å². The number of rotatable bonds is 4. The van der Waals surface area contributed by atoms with Crippen LogP contribution >= 0.6 is 0 Å². The molecule has 0 saturated carbocycles. The predicted octanol–water partition coefficient (Wildman–Crippen LogP) is 3.84. The normalized spacial score (nSPS) is 17.3. The Morgan fingerprint density at radius 2 is 1.58 bits per heavy atom. The number of hydrogen-bond donors (Lipinski definition) is 0. The summed E-state index contributed by atoms with van der Waals surface area (Å²) in [7, 11) is -3.46. The predicted molar refractivity (Wildman–Crippen MR) is 105 cm³/mol. The Hall–Kier alpha value is -1.69. The summed E-state index contributed by atoms with van der Waals surface area (Å²) in [5.74, 6) is 0. The molecule has 0 spiro atoms. The molecule has 0 radical (unpaired) electrons. The molecule has 0 amide bonds. The smallest absolute Gasteiger partial charge is 0.244 e. The van der Waals surface area contributed by atoms with Gasteiger partial charge >= 0.3 is 0 Å². The first-order chi connectivity index (χ1) is 12.3. The third-order valence-corrected chi connectivity index (χ3v) is 6.69. The van der Waals surface area contributed by atoms with Gasteiger partial charge in [-0.1, -0.05) is 63.2 Å². The van der Waals surface area contributed by atoms with Gasteiger partial charge in [-0.3, -0.25) is 4.90 Å². The van der Waals surface area contributed by atoms with Crippen molar-refractivity contribution < 1.29 is 8.42 Å². The zero-order valence-electron chi connectivity index (χ0n) is 15.9. The van der Waals surface area contributed by atoms with Gasteiger partial charge in [0.05, 0.1) is 11.6 Å². The van der Waals surface area contributed by atoms with Crippen molar-refractivity contribution >= 4 is 10.0 Å². The van der Waals surface area contributed by atoms with Gasteiger partial charge in [-0.25, -0.2) is 8.42 Å². The van der Waals surface area contributed by atoms with Crippen molar-refractivity contribution in [3.8, 4) is 0 Å². The summed E-state index contributed by atoms with van der Waals surface area (Å²) in [6, 6.07) is 17.5. The van der Waals surface area contributed by atoms with Crippen LogP contribution in [0.25, 0.3) is 0 Å². The molecular formula is C21H28N2O2S. The highest BCUT2D eigenvalue weighted by Crippen LogP contribution is 2.25. The highest BCUT2D eigenvalue weighted by atomic mass is 32.2. The van der Waals surface area contributed by atoms with Gasteiger partial charge in [0.2, 0.25) is 10.0 Å². The number of sulfonamides is 1. The molecule has 4 nitrogen and oxygen atoms in total. The van der Waals surface area contributed by atoms with Gasteiger partial charge in [0, 0.05) is 19.6 Å². The zero-order valence-corrected chi connectivity index (χ0v) is 16.7. The first-order valence-corrected chi connectivity index (χ1v) is 10.6. The quantitative estimate of drug-likeness (QED) is 0.819. The molecule has 1 aliphatic heterocycles. The third kappa shape index (κ3) is 4.34. The fourth-order valence-electron chi connectivity index (χ4n) is 3.28. The largest absolute Gasteiger partial charge is 0.285 e. The fourth-order valence-corrected chi connectivity index (χ4v) is 4.74. The topological polar surface area (TPSA) is 40.6 Å². The van der Waals surface area contributed by atoms with Crippen LogP contribution in [0.1, 0.15) is 38.3 Å². The number of nitrogens with zero attached hydrogens (tertiary/aromatic N) is 2. The Morgan fingerprint density at radius 3 is 2.19 bits per heavy atom. The SMILES string of the molecule is CC(C)(C)c1ccc(S(=O)(=O)N2CCCN(Cc3ccccc3)C2)cc1. The van der Waals surface area contributed by atoms with Crippen LogP contribution in [0.2, 0.25) is 0 Å². The molecule has 2 aromatic rings. The van der Waals surface area contributed by atoms with Crippen LogP contribution in [0.15, 0.2) is 59.5 Å². The molecule has 140 valence electrons.